The average molecular weight is 331 g/mol. The molecule has 0 N–H and O–H groups in total. The van der Waals surface area contributed by atoms with Gasteiger partial charge in [-0.3, -0.25) is 14.4 Å². The third kappa shape index (κ3) is 3.52. The van der Waals surface area contributed by atoms with Gasteiger partial charge in [0.1, 0.15) is 0 Å². The van der Waals surface area contributed by atoms with Gasteiger partial charge in [0.15, 0.2) is 0 Å². The van der Waals surface area contributed by atoms with E-state index in [2.05, 4.69) is 0 Å². The van der Waals surface area contributed by atoms with Crippen molar-refractivity contribution in [3.8, 4) is 0 Å². The molecule has 0 bridgehead atoms. The van der Waals surface area contributed by atoms with Crippen LogP contribution < -0.4 is 5.56 Å². The van der Waals surface area contributed by atoms with Gasteiger partial charge in [-0.05, 0) is 38.2 Å². The van der Waals surface area contributed by atoms with Crippen LogP contribution in [-0.2, 0) is 11.8 Å². The fourth-order valence-electron chi connectivity index (χ4n) is 3.57. The normalized spacial score (nSPS) is 19.4. The third-order valence-electron chi connectivity index (χ3n) is 5.15. The summed E-state index contributed by atoms with van der Waals surface area (Å²) in [6, 6.07) is 3.06. The molecule has 0 saturated carbocycles. The van der Waals surface area contributed by atoms with E-state index in [-0.39, 0.29) is 23.3 Å². The van der Waals surface area contributed by atoms with E-state index >= 15 is 0 Å². The van der Waals surface area contributed by atoms with Gasteiger partial charge in [0.05, 0.1) is 0 Å². The van der Waals surface area contributed by atoms with E-state index in [0.29, 0.717) is 31.5 Å². The summed E-state index contributed by atoms with van der Waals surface area (Å²) in [4.78, 5) is 40.5. The zero-order valence-corrected chi connectivity index (χ0v) is 14.2. The molecule has 0 atom stereocenters. The number of nitrogens with zero attached hydrogens (tertiary/aromatic N) is 3. The van der Waals surface area contributed by atoms with Gasteiger partial charge >= 0.3 is 0 Å². The number of hydrogen-bond donors (Lipinski definition) is 0. The second-order valence-electron chi connectivity index (χ2n) is 6.82. The summed E-state index contributed by atoms with van der Waals surface area (Å²) in [6.07, 6.45) is 6.46. The van der Waals surface area contributed by atoms with Gasteiger partial charge < -0.3 is 14.4 Å². The van der Waals surface area contributed by atoms with Crippen LogP contribution in [0.3, 0.4) is 0 Å². The lowest BCUT2D eigenvalue weighted by Gasteiger charge is -2.35. The zero-order valence-electron chi connectivity index (χ0n) is 14.2. The highest BCUT2D eigenvalue weighted by atomic mass is 16.2. The summed E-state index contributed by atoms with van der Waals surface area (Å²) in [7, 11) is 1.66. The maximum atomic E-state index is 12.6. The lowest BCUT2D eigenvalue weighted by atomic mass is 9.94. The summed E-state index contributed by atoms with van der Waals surface area (Å²) >= 11 is 0. The van der Waals surface area contributed by atoms with Crippen molar-refractivity contribution >= 4 is 11.8 Å². The lowest BCUT2D eigenvalue weighted by molar-refractivity contribution is -0.137. The molecule has 0 radical (unpaired) electrons. The van der Waals surface area contributed by atoms with Crippen molar-refractivity contribution in [1.82, 2.24) is 14.4 Å². The predicted molar refractivity (Wildman–Crippen MR) is 90.7 cm³/mol. The van der Waals surface area contributed by atoms with Crippen molar-refractivity contribution in [3.63, 3.8) is 0 Å². The van der Waals surface area contributed by atoms with Gasteiger partial charge in [0.2, 0.25) is 5.91 Å². The van der Waals surface area contributed by atoms with E-state index in [1.54, 1.807) is 24.2 Å². The topological polar surface area (TPSA) is 62.6 Å². The summed E-state index contributed by atoms with van der Waals surface area (Å²) in [5.74, 6) is 0.183. The van der Waals surface area contributed by atoms with Crippen LogP contribution in [0.4, 0.5) is 0 Å². The van der Waals surface area contributed by atoms with Gasteiger partial charge in [0.25, 0.3) is 11.5 Å². The number of aromatic nitrogens is 1. The van der Waals surface area contributed by atoms with Crippen molar-refractivity contribution in [3.05, 3.63) is 34.2 Å². The van der Waals surface area contributed by atoms with Crippen molar-refractivity contribution in [1.29, 1.82) is 0 Å². The number of aryl methyl sites for hydroxylation is 1. The molecule has 1 aromatic rings. The molecule has 2 saturated heterocycles. The van der Waals surface area contributed by atoms with Crippen molar-refractivity contribution in [2.75, 3.05) is 26.2 Å². The Morgan fingerprint density at radius 2 is 1.67 bits per heavy atom. The number of rotatable bonds is 2. The molecule has 3 rings (SSSR count). The number of pyridine rings is 1. The maximum absolute atomic E-state index is 12.6. The van der Waals surface area contributed by atoms with Gasteiger partial charge in [-0.1, -0.05) is 0 Å². The Morgan fingerprint density at radius 3 is 2.29 bits per heavy atom. The van der Waals surface area contributed by atoms with Gasteiger partial charge in [-0.25, -0.2) is 0 Å². The molecule has 2 aliphatic rings. The second kappa shape index (κ2) is 7.20. The molecule has 0 aromatic carbocycles. The van der Waals surface area contributed by atoms with E-state index in [1.165, 1.54) is 17.1 Å². The molecule has 3 heterocycles. The van der Waals surface area contributed by atoms with Gasteiger partial charge in [-0.15, -0.1) is 0 Å². The molecule has 24 heavy (non-hydrogen) atoms. The van der Waals surface area contributed by atoms with Crippen LogP contribution in [-0.4, -0.2) is 52.4 Å². The average Bonchev–Trinajstić information content (AvgIpc) is 2.63. The molecule has 1 aromatic heterocycles. The number of carbonyl (C=O) groups excluding carboxylic acids is 2. The lowest BCUT2D eigenvalue weighted by Crippen LogP contribution is -2.45. The molecule has 0 aliphatic carbocycles. The Kier molecular flexibility index (Phi) is 5.02. The minimum absolute atomic E-state index is 0.0378. The van der Waals surface area contributed by atoms with Crippen LogP contribution in [0.2, 0.25) is 0 Å². The standard InChI is InChI=1S/C18H25N3O3/c1-19-10-5-15(13-16(19)22)18(24)21-11-6-14(7-12-21)17(23)20-8-3-2-4-9-20/h5,10,13-14H,2-4,6-9,11-12H2,1H3. The molecule has 2 amide bonds. The Balaban J connectivity index is 1.58. The van der Waals surface area contributed by atoms with E-state index in [0.717, 1.165) is 25.9 Å². The van der Waals surface area contributed by atoms with Crippen molar-refractivity contribution in [2.24, 2.45) is 13.0 Å². The maximum Gasteiger partial charge on any atom is 0.254 e. The highest BCUT2D eigenvalue weighted by molar-refractivity contribution is 5.94. The molecular weight excluding hydrogens is 306 g/mol. The van der Waals surface area contributed by atoms with Gasteiger partial charge in [-0.2, -0.15) is 0 Å². The Bertz CT molecular complexity index is 668. The molecule has 0 spiro atoms. The van der Waals surface area contributed by atoms with E-state index in [4.69, 9.17) is 0 Å². The molecule has 0 unspecified atom stereocenters. The number of likely N-dealkylation sites (tertiary alicyclic amines) is 2. The molecule has 2 aliphatic heterocycles. The summed E-state index contributed by atoms with van der Waals surface area (Å²) < 4.78 is 1.44. The van der Waals surface area contributed by atoms with Crippen molar-refractivity contribution < 1.29 is 9.59 Å². The first-order chi connectivity index (χ1) is 11.6. The minimum Gasteiger partial charge on any atom is -0.342 e. The number of carbonyl (C=O) groups is 2. The molecule has 6 nitrogen and oxygen atoms in total. The fourth-order valence-corrected chi connectivity index (χ4v) is 3.57. The highest BCUT2D eigenvalue weighted by Gasteiger charge is 2.31. The third-order valence-corrected chi connectivity index (χ3v) is 5.15. The van der Waals surface area contributed by atoms with E-state index in [1.807, 2.05) is 4.90 Å². The Hall–Kier alpha value is -2.11. The molecule has 2 fully saturated rings. The molecule has 130 valence electrons. The Labute approximate surface area is 142 Å². The summed E-state index contributed by atoms with van der Waals surface area (Å²) in [5.41, 5.74) is 0.245. The number of hydrogen-bond acceptors (Lipinski definition) is 3. The smallest absolute Gasteiger partial charge is 0.254 e. The SMILES string of the molecule is Cn1ccc(C(=O)N2CCC(C(=O)N3CCCCC3)CC2)cc1=O. The minimum atomic E-state index is -0.184. The first-order valence-electron chi connectivity index (χ1n) is 8.81. The monoisotopic (exact) mass is 331 g/mol. The quantitative estimate of drug-likeness (QED) is 0.819. The first kappa shape index (κ1) is 16.7. The summed E-state index contributed by atoms with van der Waals surface area (Å²) in [5, 5.41) is 0. The van der Waals surface area contributed by atoms with E-state index in [9.17, 15) is 14.4 Å². The van der Waals surface area contributed by atoms with Crippen LogP contribution in [0.25, 0.3) is 0 Å². The number of piperidine rings is 2. The van der Waals surface area contributed by atoms with Crippen LogP contribution in [0.15, 0.2) is 23.1 Å². The van der Waals surface area contributed by atoms with Crippen LogP contribution in [0.1, 0.15) is 42.5 Å². The first-order valence-corrected chi connectivity index (χ1v) is 8.81. The molecular formula is C18H25N3O3. The Morgan fingerprint density at radius 1 is 1.00 bits per heavy atom. The van der Waals surface area contributed by atoms with Gasteiger partial charge in [0, 0.05) is 57.0 Å². The van der Waals surface area contributed by atoms with Crippen LogP contribution in [0, 0.1) is 5.92 Å². The molecule has 6 heteroatoms. The van der Waals surface area contributed by atoms with E-state index < -0.39 is 0 Å². The fraction of sp³-hybridized carbons (Fsp3) is 0.611. The number of amides is 2. The predicted octanol–water partition coefficient (Wildman–Crippen LogP) is 1.25. The van der Waals surface area contributed by atoms with Crippen LogP contribution in [0.5, 0.6) is 0 Å². The summed E-state index contributed by atoms with van der Waals surface area (Å²) in [6.45, 7) is 2.92. The van der Waals surface area contributed by atoms with Crippen molar-refractivity contribution in [2.45, 2.75) is 32.1 Å². The second-order valence-corrected chi connectivity index (χ2v) is 6.82. The highest BCUT2D eigenvalue weighted by Crippen LogP contribution is 2.22. The van der Waals surface area contributed by atoms with Crippen LogP contribution >= 0.6 is 0 Å². The largest absolute Gasteiger partial charge is 0.342 e. The zero-order chi connectivity index (χ0) is 17.1.